The van der Waals surface area contributed by atoms with Gasteiger partial charge in [0.25, 0.3) is 5.91 Å². The highest BCUT2D eigenvalue weighted by Gasteiger charge is 2.43. The molecular weight excluding hydrogens is 448 g/mol. The summed E-state index contributed by atoms with van der Waals surface area (Å²) in [6.07, 6.45) is -1.12. The molecule has 2 atom stereocenters. The van der Waals surface area contributed by atoms with Crippen LogP contribution in [0.1, 0.15) is 35.4 Å². The third-order valence-corrected chi connectivity index (χ3v) is 5.56. The summed E-state index contributed by atoms with van der Waals surface area (Å²) in [4.78, 5) is 23.3. The third-order valence-electron chi connectivity index (χ3n) is 5.56. The number of carbonyl (C=O) groups is 2. The van der Waals surface area contributed by atoms with E-state index >= 15 is 0 Å². The number of furan rings is 1. The van der Waals surface area contributed by atoms with E-state index in [2.05, 4.69) is 10.2 Å². The molecular formula is C22H24F4N2O5. The molecule has 2 fully saturated rings. The molecule has 0 radical (unpaired) electrons. The number of carboxylic acid groups (broad SMARTS) is 1. The number of likely N-dealkylation sites (tertiary alicyclic amines) is 1. The van der Waals surface area contributed by atoms with E-state index in [1.54, 1.807) is 18.2 Å². The van der Waals surface area contributed by atoms with Crippen molar-refractivity contribution >= 4 is 11.9 Å². The first-order valence-electron chi connectivity index (χ1n) is 10.3. The average molecular weight is 472 g/mol. The molecule has 180 valence electrons. The van der Waals surface area contributed by atoms with E-state index in [9.17, 15) is 22.4 Å². The molecule has 0 unspecified atom stereocenters. The molecule has 2 N–H and O–H groups in total. The highest BCUT2D eigenvalue weighted by molar-refractivity contribution is 5.91. The number of alkyl halides is 3. The van der Waals surface area contributed by atoms with Gasteiger partial charge in [-0.05, 0) is 37.5 Å². The monoisotopic (exact) mass is 472 g/mol. The van der Waals surface area contributed by atoms with E-state index in [0.717, 1.165) is 32.4 Å². The number of hydrogen-bond acceptors (Lipinski definition) is 5. The smallest absolute Gasteiger partial charge is 0.475 e. The number of ether oxygens (including phenoxy) is 1. The number of benzene rings is 1. The van der Waals surface area contributed by atoms with Gasteiger partial charge in [-0.2, -0.15) is 13.2 Å². The van der Waals surface area contributed by atoms with E-state index < -0.39 is 12.1 Å². The molecule has 2 aliphatic rings. The minimum Gasteiger partial charge on any atom is -0.475 e. The highest BCUT2D eigenvalue weighted by atomic mass is 19.4. The van der Waals surface area contributed by atoms with Crippen LogP contribution in [0.5, 0.6) is 0 Å². The molecule has 2 saturated heterocycles. The molecule has 11 heteroatoms. The number of carboxylic acids is 1. The van der Waals surface area contributed by atoms with Crippen molar-refractivity contribution in [2.75, 3.05) is 19.7 Å². The maximum Gasteiger partial charge on any atom is 0.490 e. The molecule has 1 aromatic heterocycles. The van der Waals surface area contributed by atoms with Crippen molar-refractivity contribution in [3.63, 3.8) is 0 Å². The van der Waals surface area contributed by atoms with Crippen LogP contribution in [0, 0.1) is 5.82 Å². The molecule has 33 heavy (non-hydrogen) atoms. The first-order chi connectivity index (χ1) is 15.6. The van der Waals surface area contributed by atoms with Gasteiger partial charge in [0.05, 0.1) is 11.9 Å². The fourth-order valence-electron chi connectivity index (χ4n) is 4.03. The zero-order valence-electron chi connectivity index (χ0n) is 17.6. The summed E-state index contributed by atoms with van der Waals surface area (Å²) >= 11 is 0. The average Bonchev–Trinajstić information content (AvgIpc) is 3.41. The number of nitrogens with zero attached hydrogens (tertiary/aromatic N) is 1. The van der Waals surface area contributed by atoms with E-state index in [1.165, 1.54) is 12.3 Å². The first-order valence-corrected chi connectivity index (χ1v) is 10.3. The quantitative estimate of drug-likeness (QED) is 0.661. The molecule has 3 heterocycles. The van der Waals surface area contributed by atoms with Crippen molar-refractivity contribution in [3.05, 3.63) is 59.8 Å². The molecule has 1 amide bonds. The number of carbonyl (C=O) groups excluding carboxylic acids is 1. The second kappa shape index (κ2) is 10.3. The first kappa shape index (κ1) is 24.7. The van der Waals surface area contributed by atoms with Gasteiger partial charge in [-0.15, -0.1) is 0 Å². The molecule has 0 aliphatic carbocycles. The number of aliphatic carboxylic acids is 1. The molecule has 4 rings (SSSR count). The van der Waals surface area contributed by atoms with Gasteiger partial charge < -0.3 is 19.6 Å². The number of hydrogen-bond donors (Lipinski definition) is 2. The van der Waals surface area contributed by atoms with Crippen molar-refractivity contribution in [2.24, 2.45) is 0 Å². The highest BCUT2D eigenvalue weighted by Crippen LogP contribution is 2.35. The summed E-state index contributed by atoms with van der Waals surface area (Å²) in [7, 11) is 0. The van der Waals surface area contributed by atoms with Crippen molar-refractivity contribution in [1.29, 1.82) is 0 Å². The Kier molecular flexibility index (Phi) is 7.75. The second-order valence-electron chi connectivity index (χ2n) is 8.03. The lowest BCUT2D eigenvalue weighted by Gasteiger charge is -2.38. The van der Waals surface area contributed by atoms with Crippen LogP contribution in [0.2, 0.25) is 0 Å². The number of rotatable bonds is 4. The summed E-state index contributed by atoms with van der Waals surface area (Å²) in [5.74, 6) is -2.77. The maximum absolute atomic E-state index is 13.9. The second-order valence-corrected chi connectivity index (χ2v) is 8.03. The summed E-state index contributed by atoms with van der Waals surface area (Å²) in [5.41, 5.74) is 0.452. The van der Waals surface area contributed by atoms with Crippen LogP contribution in [-0.2, 0) is 16.1 Å². The van der Waals surface area contributed by atoms with Gasteiger partial charge in [0.1, 0.15) is 5.82 Å². The summed E-state index contributed by atoms with van der Waals surface area (Å²) in [6, 6.07) is 10.3. The van der Waals surface area contributed by atoms with Gasteiger partial charge >= 0.3 is 12.1 Å². The molecule has 0 bridgehead atoms. The van der Waals surface area contributed by atoms with Gasteiger partial charge in [-0.3, -0.25) is 9.69 Å². The van der Waals surface area contributed by atoms with Crippen molar-refractivity contribution in [3.8, 4) is 0 Å². The zero-order valence-corrected chi connectivity index (χ0v) is 17.6. The van der Waals surface area contributed by atoms with E-state index in [1.807, 2.05) is 12.1 Å². The van der Waals surface area contributed by atoms with Crippen LogP contribution < -0.4 is 5.32 Å². The molecule has 1 spiro atoms. The molecule has 7 nitrogen and oxygen atoms in total. The Morgan fingerprint density at radius 3 is 2.58 bits per heavy atom. The van der Waals surface area contributed by atoms with Crippen molar-refractivity contribution in [2.45, 2.75) is 43.6 Å². The Morgan fingerprint density at radius 1 is 1.21 bits per heavy atom. The van der Waals surface area contributed by atoms with Crippen molar-refractivity contribution < 1.29 is 41.4 Å². The Morgan fingerprint density at radius 2 is 1.94 bits per heavy atom. The minimum atomic E-state index is -5.08. The Hall–Kier alpha value is -2.92. The zero-order chi connectivity index (χ0) is 24.1. The van der Waals surface area contributed by atoms with E-state index in [-0.39, 0.29) is 23.4 Å². The van der Waals surface area contributed by atoms with Gasteiger partial charge in [-0.25, -0.2) is 9.18 Å². The largest absolute Gasteiger partial charge is 0.490 e. The van der Waals surface area contributed by atoms with E-state index in [0.29, 0.717) is 24.5 Å². The fourth-order valence-corrected chi connectivity index (χ4v) is 4.03. The van der Waals surface area contributed by atoms with E-state index in [4.69, 9.17) is 19.1 Å². The van der Waals surface area contributed by atoms with Crippen LogP contribution in [0.15, 0.2) is 47.1 Å². The standard InChI is InChI=1S/C20H23FN2O3.C2HF3O2/c21-17-5-2-1-4-15(17)13-23-9-8-20(14-23)12-16(7-11-26-20)22-19(24)18-6-3-10-25-18;3-2(4,5)1(6)7/h1-6,10,16H,7-9,11-14H2,(H,22,24);(H,6,7)/t16-,20-;/m1./s1. The van der Waals surface area contributed by atoms with Crippen LogP contribution in [-0.4, -0.2) is 59.4 Å². The molecule has 0 saturated carbocycles. The van der Waals surface area contributed by atoms with Gasteiger partial charge in [-0.1, -0.05) is 18.2 Å². The normalized spacial score (nSPS) is 23.1. The van der Waals surface area contributed by atoms with Crippen LogP contribution in [0.4, 0.5) is 17.6 Å². The topological polar surface area (TPSA) is 92.0 Å². The van der Waals surface area contributed by atoms with Crippen LogP contribution >= 0.6 is 0 Å². The SMILES string of the molecule is O=C(N[C@@H]1CCO[C@]2(CCN(Cc3ccccc3F)C2)C1)c1ccco1.O=C(O)C(F)(F)F. The molecule has 1 aromatic carbocycles. The summed E-state index contributed by atoms with van der Waals surface area (Å²) < 4.78 is 56.9. The molecule has 2 aliphatic heterocycles. The maximum atomic E-state index is 13.9. The lowest BCUT2D eigenvalue weighted by molar-refractivity contribution is -0.192. The lowest BCUT2D eigenvalue weighted by atomic mass is 9.89. The predicted octanol–water partition coefficient (Wildman–Crippen LogP) is 3.61. The van der Waals surface area contributed by atoms with Crippen LogP contribution in [0.25, 0.3) is 0 Å². The molecule has 2 aromatic rings. The number of halogens is 4. The predicted molar refractivity (Wildman–Crippen MR) is 108 cm³/mol. The summed E-state index contributed by atoms with van der Waals surface area (Å²) in [6.45, 7) is 2.83. The van der Waals surface area contributed by atoms with Crippen molar-refractivity contribution in [1.82, 2.24) is 10.2 Å². The van der Waals surface area contributed by atoms with Gasteiger partial charge in [0.2, 0.25) is 0 Å². The Labute approximate surface area is 187 Å². The Bertz CT molecular complexity index is 951. The third kappa shape index (κ3) is 6.78. The van der Waals surface area contributed by atoms with Gasteiger partial charge in [0.15, 0.2) is 5.76 Å². The lowest BCUT2D eigenvalue weighted by Crippen LogP contribution is -2.49. The summed E-state index contributed by atoms with van der Waals surface area (Å²) in [5, 5.41) is 10.2. The fraction of sp³-hybridized carbons (Fsp3) is 0.455. The Balaban J connectivity index is 0.000000383. The number of nitrogens with one attached hydrogen (secondary N) is 1. The number of amides is 1. The van der Waals surface area contributed by atoms with Gasteiger partial charge in [0, 0.05) is 37.8 Å². The van der Waals surface area contributed by atoms with Crippen LogP contribution in [0.3, 0.4) is 0 Å². The minimum absolute atomic E-state index is 0.0646.